The smallest absolute Gasteiger partial charge is 0.308 e. The molecule has 0 saturated carbocycles. The first-order valence-corrected chi connectivity index (χ1v) is 6.53. The number of aliphatic hydroxyl groups excluding tert-OH is 2. The highest BCUT2D eigenvalue weighted by molar-refractivity contribution is 5.69. The summed E-state index contributed by atoms with van der Waals surface area (Å²) < 4.78 is 4.47. The van der Waals surface area contributed by atoms with E-state index in [2.05, 4.69) is 11.7 Å². The molecule has 17 heavy (non-hydrogen) atoms. The first-order valence-electron chi connectivity index (χ1n) is 6.53. The van der Waals surface area contributed by atoms with Crippen LogP contribution in [0.3, 0.4) is 0 Å². The van der Waals surface area contributed by atoms with Crippen molar-refractivity contribution in [2.24, 2.45) is 0 Å². The van der Waals surface area contributed by atoms with Gasteiger partial charge in [-0.05, 0) is 25.7 Å². The molecular weight excluding hydrogens is 220 g/mol. The Labute approximate surface area is 104 Å². The largest absolute Gasteiger partial charge is 0.469 e. The van der Waals surface area contributed by atoms with Crippen molar-refractivity contribution in [1.82, 2.24) is 0 Å². The van der Waals surface area contributed by atoms with Crippen LogP contribution in [0, 0.1) is 0 Å². The van der Waals surface area contributed by atoms with Crippen LogP contribution in [-0.2, 0) is 9.53 Å². The molecule has 0 spiro atoms. The molecule has 0 heterocycles. The maximum Gasteiger partial charge on any atom is 0.308 e. The van der Waals surface area contributed by atoms with Crippen molar-refractivity contribution in [1.29, 1.82) is 0 Å². The average molecular weight is 246 g/mol. The summed E-state index contributed by atoms with van der Waals surface area (Å²) in [5, 5.41) is 19.1. The first kappa shape index (κ1) is 16.4. The maximum absolute atomic E-state index is 10.9. The molecule has 0 aliphatic rings. The zero-order valence-corrected chi connectivity index (χ0v) is 11.0. The first-order chi connectivity index (χ1) is 8.10. The van der Waals surface area contributed by atoms with Crippen LogP contribution in [0.5, 0.6) is 0 Å². The van der Waals surface area contributed by atoms with Gasteiger partial charge in [0, 0.05) is 0 Å². The van der Waals surface area contributed by atoms with Gasteiger partial charge in [0.2, 0.25) is 0 Å². The Kier molecular flexibility index (Phi) is 10.2. The Bertz CT molecular complexity index is 194. The summed E-state index contributed by atoms with van der Waals surface area (Å²) in [6.07, 6.45) is 5.31. The lowest BCUT2D eigenvalue weighted by Gasteiger charge is -2.12. The van der Waals surface area contributed by atoms with Crippen LogP contribution in [0.25, 0.3) is 0 Å². The molecule has 0 aromatic carbocycles. The number of ether oxygens (including phenoxy) is 1. The Balaban J connectivity index is 3.45. The van der Waals surface area contributed by atoms with Crippen molar-refractivity contribution >= 4 is 5.97 Å². The number of unbranched alkanes of at least 4 members (excludes halogenated alkanes) is 2. The van der Waals surface area contributed by atoms with Gasteiger partial charge in [0.1, 0.15) is 0 Å². The molecular formula is C13H26O4. The van der Waals surface area contributed by atoms with Crippen molar-refractivity contribution in [3.05, 3.63) is 0 Å². The summed E-state index contributed by atoms with van der Waals surface area (Å²) in [7, 11) is 1.31. The minimum atomic E-state index is -0.648. The monoisotopic (exact) mass is 246 g/mol. The predicted octanol–water partition coefficient (Wildman–Crippen LogP) is 2.02. The number of carbonyl (C=O) groups excluding carboxylic acids is 1. The fourth-order valence-corrected chi connectivity index (χ4v) is 1.74. The third-order valence-corrected chi connectivity index (χ3v) is 2.85. The number of hydrogen-bond acceptors (Lipinski definition) is 4. The van der Waals surface area contributed by atoms with Crippen molar-refractivity contribution in [2.75, 3.05) is 7.11 Å². The van der Waals surface area contributed by atoms with Gasteiger partial charge < -0.3 is 14.9 Å². The van der Waals surface area contributed by atoms with Crippen molar-refractivity contribution in [2.45, 2.75) is 70.5 Å². The molecule has 0 amide bonds. The molecule has 0 radical (unpaired) electrons. The molecule has 0 rings (SSSR count). The summed E-state index contributed by atoms with van der Waals surface area (Å²) in [5.41, 5.74) is 0. The number of methoxy groups -OCH3 is 1. The molecule has 0 aliphatic heterocycles. The molecule has 2 atom stereocenters. The topological polar surface area (TPSA) is 66.8 Å². The minimum Gasteiger partial charge on any atom is -0.469 e. The Hall–Kier alpha value is -0.610. The molecule has 0 aliphatic carbocycles. The molecule has 4 heteroatoms. The number of carbonyl (C=O) groups is 1. The molecule has 0 saturated heterocycles. The van der Waals surface area contributed by atoms with Gasteiger partial charge in [0.15, 0.2) is 0 Å². The predicted molar refractivity (Wildman–Crippen MR) is 66.6 cm³/mol. The molecule has 4 nitrogen and oxygen atoms in total. The summed E-state index contributed by atoms with van der Waals surface area (Å²) >= 11 is 0. The molecule has 0 aromatic heterocycles. The molecule has 0 fully saturated rings. The standard InChI is InChI=1S/C13H26O4/c1-3-4-5-7-11(14)8-6-9-12(15)10-13(16)17-2/h11-12,14-15H,3-10H2,1-2H3. The van der Waals surface area contributed by atoms with Gasteiger partial charge in [-0.1, -0.05) is 26.2 Å². The van der Waals surface area contributed by atoms with Crippen molar-refractivity contribution in [3.8, 4) is 0 Å². The van der Waals surface area contributed by atoms with E-state index in [0.29, 0.717) is 12.8 Å². The van der Waals surface area contributed by atoms with Gasteiger partial charge in [-0.3, -0.25) is 4.79 Å². The van der Waals surface area contributed by atoms with Gasteiger partial charge in [-0.25, -0.2) is 0 Å². The highest BCUT2D eigenvalue weighted by Crippen LogP contribution is 2.12. The third kappa shape index (κ3) is 10.3. The van der Waals surface area contributed by atoms with Crippen LogP contribution in [0.2, 0.25) is 0 Å². The van der Waals surface area contributed by atoms with Gasteiger partial charge >= 0.3 is 5.97 Å². The van der Waals surface area contributed by atoms with Crippen LogP contribution < -0.4 is 0 Å². The molecule has 2 unspecified atom stereocenters. The quantitative estimate of drug-likeness (QED) is 0.457. The van der Waals surface area contributed by atoms with Gasteiger partial charge in [0.25, 0.3) is 0 Å². The van der Waals surface area contributed by atoms with Crippen molar-refractivity contribution in [3.63, 3.8) is 0 Å². The van der Waals surface area contributed by atoms with Gasteiger partial charge in [-0.2, -0.15) is 0 Å². The van der Waals surface area contributed by atoms with Gasteiger partial charge in [0.05, 0.1) is 25.7 Å². The number of rotatable bonds is 10. The maximum atomic E-state index is 10.9. The summed E-state index contributed by atoms with van der Waals surface area (Å²) in [6, 6.07) is 0. The van der Waals surface area contributed by atoms with E-state index in [-0.39, 0.29) is 18.5 Å². The second kappa shape index (κ2) is 10.5. The fraction of sp³-hybridized carbons (Fsp3) is 0.923. The van der Waals surface area contributed by atoms with Gasteiger partial charge in [-0.15, -0.1) is 0 Å². The van der Waals surface area contributed by atoms with Crippen LogP contribution in [0.1, 0.15) is 58.3 Å². The van der Waals surface area contributed by atoms with E-state index in [1.165, 1.54) is 7.11 Å². The molecule has 0 aromatic rings. The van der Waals surface area contributed by atoms with E-state index in [1.807, 2.05) is 0 Å². The number of esters is 1. The summed E-state index contributed by atoms with van der Waals surface area (Å²) in [4.78, 5) is 10.9. The molecule has 102 valence electrons. The van der Waals surface area contributed by atoms with Crippen molar-refractivity contribution < 1.29 is 19.7 Å². The highest BCUT2D eigenvalue weighted by Gasteiger charge is 2.11. The number of hydrogen-bond donors (Lipinski definition) is 2. The van der Waals surface area contributed by atoms with E-state index in [1.54, 1.807) is 0 Å². The van der Waals surface area contributed by atoms with Crippen LogP contribution in [0.4, 0.5) is 0 Å². The summed E-state index contributed by atoms with van der Waals surface area (Å²) in [5.74, 6) is -0.388. The van der Waals surface area contributed by atoms with E-state index in [0.717, 1.165) is 32.1 Å². The van der Waals surface area contributed by atoms with Crippen LogP contribution in [0.15, 0.2) is 0 Å². The van der Waals surface area contributed by atoms with Crippen LogP contribution in [-0.4, -0.2) is 35.5 Å². The lowest BCUT2D eigenvalue weighted by atomic mass is 10.0. The van der Waals surface area contributed by atoms with Crippen LogP contribution >= 0.6 is 0 Å². The second-order valence-electron chi connectivity index (χ2n) is 4.51. The number of aliphatic hydroxyl groups is 2. The average Bonchev–Trinajstić information content (AvgIpc) is 2.29. The fourth-order valence-electron chi connectivity index (χ4n) is 1.74. The van der Waals surface area contributed by atoms with E-state index in [4.69, 9.17) is 0 Å². The van der Waals surface area contributed by atoms with E-state index in [9.17, 15) is 15.0 Å². The third-order valence-electron chi connectivity index (χ3n) is 2.85. The molecule has 2 N–H and O–H groups in total. The zero-order valence-electron chi connectivity index (χ0n) is 11.0. The zero-order chi connectivity index (χ0) is 13.1. The Morgan fingerprint density at radius 3 is 2.24 bits per heavy atom. The highest BCUT2D eigenvalue weighted by atomic mass is 16.5. The lowest BCUT2D eigenvalue weighted by molar-refractivity contribution is -0.142. The minimum absolute atomic E-state index is 0.0441. The van der Waals surface area contributed by atoms with E-state index < -0.39 is 6.10 Å². The Morgan fingerprint density at radius 2 is 1.65 bits per heavy atom. The second-order valence-corrected chi connectivity index (χ2v) is 4.51. The van der Waals surface area contributed by atoms with E-state index >= 15 is 0 Å². The summed E-state index contributed by atoms with van der Waals surface area (Å²) in [6.45, 7) is 2.13. The normalized spacial score (nSPS) is 14.4. The SMILES string of the molecule is CCCCCC(O)CCCC(O)CC(=O)OC. The molecule has 0 bridgehead atoms. The Morgan fingerprint density at radius 1 is 1.06 bits per heavy atom. The lowest BCUT2D eigenvalue weighted by Crippen LogP contribution is -2.15.